The Balaban J connectivity index is 1.84. The van der Waals surface area contributed by atoms with Crippen LogP contribution in [0.5, 0.6) is 11.5 Å². The summed E-state index contributed by atoms with van der Waals surface area (Å²) in [5, 5.41) is 15.6. The Morgan fingerprint density at radius 2 is 2.06 bits per heavy atom. The summed E-state index contributed by atoms with van der Waals surface area (Å²) >= 11 is 0. The molecule has 0 spiro atoms. The number of ether oxygens (including phenoxy) is 2. The van der Waals surface area contributed by atoms with Crippen molar-refractivity contribution in [3.63, 3.8) is 0 Å². The summed E-state index contributed by atoms with van der Waals surface area (Å²) in [4.78, 5) is 29.1. The molecular weight excluding hydrogens is 402 g/mol. The zero-order chi connectivity index (χ0) is 22.4. The predicted octanol–water partition coefficient (Wildman–Crippen LogP) is 3.33. The van der Waals surface area contributed by atoms with Crippen molar-refractivity contribution in [2.24, 2.45) is 5.10 Å². The molecule has 3 rings (SSSR count). The van der Waals surface area contributed by atoms with Gasteiger partial charge in [-0.05, 0) is 25.5 Å². The second-order valence-electron chi connectivity index (χ2n) is 6.71. The fourth-order valence-electron chi connectivity index (χ4n) is 2.87. The zero-order valence-corrected chi connectivity index (χ0v) is 17.2. The molecule has 1 aromatic heterocycles. The first-order valence-corrected chi connectivity index (χ1v) is 9.27. The van der Waals surface area contributed by atoms with Crippen LogP contribution in [0.25, 0.3) is 0 Å². The minimum atomic E-state index is -0.543. The molecule has 10 heteroatoms. The van der Waals surface area contributed by atoms with Gasteiger partial charge in [-0.15, -0.1) is 0 Å². The van der Waals surface area contributed by atoms with Gasteiger partial charge < -0.3 is 9.47 Å². The van der Waals surface area contributed by atoms with Crippen molar-refractivity contribution in [3.8, 4) is 11.5 Å². The highest BCUT2D eigenvalue weighted by molar-refractivity contribution is 5.83. The Kier molecular flexibility index (Phi) is 6.61. The van der Waals surface area contributed by atoms with Crippen molar-refractivity contribution in [2.45, 2.75) is 20.5 Å². The maximum absolute atomic E-state index is 11.6. The summed E-state index contributed by atoms with van der Waals surface area (Å²) in [6, 6.07) is 11.9. The number of H-pyrrole nitrogens is 1. The lowest BCUT2D eigenvalue weighted by molar-refractivity contribution is -0.386. The van der Waals surface area contributed by atoms with E-state index < -0.39 is 4.92 Å². The van der Waals surface area contributed by atoms with Crippen molar-refractivity contribution >= 4 is 17.9 Å². The van der Waals surface area contributed by atoms with E-state index in [9.17, 15) is 14.9 Å². The molecule has 0 aliphatic rings. The van der Waals surface area contributed by atoms with Gasteiger partial charge in [0, 0.05) is 23.4 Å². The monoisotopic (exact) mass is 423 g/mol. The lowest BCUT2D eigenvalue weighted by Crippen LogP contribution is -2.10. The van der Waals surface area contributed by atoms with Crippen molar-refractivity contribution in [1.29, 1.82) is 0 Å². The minimum Gasteiger partial charge on any atom is -0.493 e. The summed E-state index contributed by atoms with van der Waals surface area (Å²) < 4.78 is 11.1. The van der Waals surface area contributed by atoms with Gasteiger partial charge in [-0.25, -0.2) is 10.4 Å². The van der Waals surface area contributed by atoms with Crippen molar-refractivity contribution in [3.05, 3.63) is 85.3 Å². The topological polar surface area (TPSA) is 132 Å². The van der Waals surface area contributed by atoms with Gasteiger partial charge in [0.15, 0.2) is 5.75 Å². The molecule has 0 aliphatic heterocycles. The fourth-order valence-corrected chi connectivity index (χ4v) is 2.87. The number of rotatable bonds is 8. The SMILES string of the molecule is COc1cc(/C=N\Nc2nc(C)cc(=O)[nH]2)cc([N+](=O)[O-])c1OCc1cccc(C)c1. The van der Waals surface area contributed by atoms with Crippen LogP contribution in [0.4, 0.5) is 11.6 Å². The maximum atomic E-state index is 11.6. The molecule has 0 fully saturated rings. The minimum absolute atomic E-state index is 0.0313. The molecule has 0 atom stereocenters. The van der Waals surface area contributed by atoms with Gasteiger partial charge in [-0.3, -0.25) is 19.9 Å². The molecule has 3 aromatic rings. The van der Waals surface area contributed by atoms with Crippen molar-refractivity contribution in [2.75, 3.05) is 12.5 Å². The number of anilines is 1. The fraction of sp³-hybridized carbons (Fsp3) is 0.190. The lowest BCUT2D eigenvalue weighted by atomic mass is 10.1. The molecule has 0 amide bonds. The van der Waals surface area contributed by atoms with Crippen LogP contribution in [0, 0.1) is 24.0 Å². The molecule has 0 aliphatic carbocycles. The molecule has 0 saturated carbocycles. The molecule has 2 N–H and O–H groups in total. The predicted molar refractivity (Wildman–Crippen MR) is 116 cm³/mol. The van der Waals surface area contributed by atoms with E-state index in [1.165, 1.54) is 25.5 Å². The summed E-state index contributed by atoms with van der Waals surface area (Å²) in [5.74, 6) is 0.384. The quantitative estimate of drug-likeness (QED) is 0.323. The van der Waals surface area contributed by atoms with Crippen molar-refractivity contribution in [1.82, 2.24) is 9.97 Å². The number of aryl methyl sites for hydroxylation is 2. The Morgan fingerprint density at radius 3 is 2.74 bits per heavy atom. The number of nitro benzene ring substituents is 1. The molecule has 0 saturated heterocycles. The van der Waals surface area contributed by atoms with E-state index >= 15 is 0 Å². The molecule has 2 aromatic carbocycles. The van der Waals surface area contributed by atoms with Crippen LogP contribution in [-0.2, 0) is 6.61 Å². The van der Waals surface area contributed by atoms with E-state index in [0.717, 1.165) is 11.1 Å². The molecule has 0 unspecified atom stereocenters. The van der Waals surface area contributed by atoms with Crippen LogP contribution >= 0.6 is 0 Å². The van der Waals surface area contributed by atoms with E-state index in [1.807, 2.05) is 31.2 Å². The van der Waals surface area contributed by atoms with Gasteiger partial charge in [0.1, 0.15) is 6.61 Å². The maximum Gasteiger partial charge on any atom is 0.315 e. The smallest absolute Gasteiger partial charge is 0.315 e. The second kappa shape index (κ2) is 9.53. The van der Waals surface area contributed by atoms with Crippen LogP contribution in [0.2, 0.25) is 0 Å². The molecule has 160 valence electrons. The van der Waals surface area contributed by atoms with Crippen LogP contribution in [0.15, 0.2) is 52.4 Å². The molecule has 1 heterocycles. The molecule has 0 bridgehead atoms. The first-order valence-electron chi connectivity index (χ1n) is 9.27. The van der Waals surface area contributed by atoms with Crippen LogP contribution < -0.4 is 20.5 Å². The van der Waals surface area contributed by atoms with E-state index in [2.05, 4.69) is 20.5 Å². The van der Waals surface area contributed by atoms with E-state index in [1.54, 1.807) is 13.0 Å². The second-order valence-corrected chi connectivity index (χ2v) is 6.71. The Morgan fingerprint density at radius 1 is 1.26 bits per heavy atom. The van der Waals surface area contributed by atoms with Crippen LogP contribution in [0.3, 0.4) is 0 Å². The summed E-state index contributed by atoms with van der Waals surface area (Å²) in [7, 11) is 1.40. The number of methoxy groups -OCH3 is 1. The third kappa shape index (κ3) is 5.66. The van der Waals surface area contributed by atoms with Crippen LogP contribution in [-0.4, -0.2) is 28.2 Å². The number of hydrogen-bond acceptors (Lipinski definition) is 8. The first kappa shape index (κ1) is 21.5. The standard InChI is InChI=1S/C21H21N5O5/c1-13-5-4-6-15(7-13)12-31-20-17(26(28)29)9-16(10-18(20)30-3)11-22-25-21-23-14(2)8-19(27)24-21/h4-11H,12H2,1-3H3,(H2,23,24,25,27)/b22-11-. The number of benzene rings is 2. The van der Waals surface area contributed by atoms with E-state index in [-0.39, 0.29) is 35.3 Å². The number of aromatic amines is 1. The zero-order valence-electron chi connectivity index (χ0n) is 17.2. The normalized spacial score (nSPS) is 10.8. The number of nitrogens with zero attached hydrogens (tertiary/aromatic N) is 3. The Labute approximate surface area is 177 Å². The molecule has 0 radical (unpaired) electrons. The number of nitrogens with one attached hydrogen (secondary N) is 2. The molecular formula is C21H21N5O5. The lowest BCUT2D eigenvalue weighted by Gasteiger charge is -2.12. The number of nitro groups is 1. The van der Waals surface area contributed by atoms with Crippen molar-refractivity contribution < 1.29 is 14.4 Å². The summed E-state index contributed by atoms with van der Waals surface area (Å²) in [6.45, 7) is 3.78. The molecule has 31 heavy (non-hydrogen) atoms. The van der Waals surface area contributed by atoms with Gasteiger partial charge in [-0.1, -0.05) is 29.8 Å². The van der Waals surface area contributed by atoms with Gasteiger partial charge in [0.2, 0.25) is 11.7 Å². The Bertz CT molecular complexity index is 1190. The Hall–Kier alpha value is -4.21. The van der Waals surface area contributed by atoms with E-state index in [4.69, 9.17) is 9.47 Å². The van der Waals surface area contributed by atoms with Gasteiger partial charge in [0.25, 0.3) is 5.56 Å². The average molecular weight is 423 g/mol. The highest BCUT2D eigenvalue weighted by atomic mass is 16.6. The van der Waals surface area contributed by atoms with E-state index in [0.29, 0.717) is 11.3 Å². The van der Waals surface area contributed by atoms with Gasteiger partial charge >= 0.3 is 5.69 Å². The molecule has 10 nitrogen and oxygen atoms in total. The summed E-state index contributed by atoms with van der Waals surface area (Å²) in [5.41, 5.74) is 4.87. The summed E-state index contributed by atoms with van der Waals surface area (Å²) in [6.07, 6.45) is 1.35. The number of hydrogen-bond donors (Lipinski definition) is 2. The first-order chi connectivity index (χ1) is 14.9. The highest BCUT2D eigenvalue weighted by Gasteiger charge is 2.22. The number of hydrazone groups is 1. The average Bonchev–Trinajstić information content (AvgIpc) is 2.71. The third-order valence-corrected chi connectivity index (χ3v) is 4.19. The number of aromatic nitrogens is 2. The largest absolute Gasteiger partial charge is 0.493 e. The third-order valence-electron chi connectivity index (χ3n) is 4.19. The van der Waals surface area contributed by atoms with Crippen LogP contribution in [0.1, 0.15) is 22.4 Å². The van der Waals surface area contributed by atoms with Gasteiger partial charge in [-0.2, -0.15) is 5.10 Å². The highest BCUT2D eigenvalue weighted by Crippen LogP contribution is 2.38. The van der Waals surface area contributed by atoms with Gasteiger partial charge in [0.05, 0.1) is 18.2 Å².